The highest BCUT2D eigenvalue weighted by molar-refractivity contribution is 6.21. The van der Waals surface area contributed by atoms with Gasteiger partial charge in [-0.15, -0.1) is 0 Å². The van der Waals surface area contributed by atoms with Gasteiger partial charge in [0.25, 0.3) is 0 Å². The molecular weight excluding hydrogens is 294 g/mol. The minimum atomic E-state index is -0.647. The molecule has 0 heterocycles. The molecule has 0 bridgehead atoms. The van der Waals surface area contributed by atoms with E-state index in [2.05, 4.69) is 18.7 Å². The summed E-state index contributed by atoms with van der Waals surface area (Å²) in [4.78, 5) is 26.2. The summed E-state index contributed by atoms with van der Waals surface area (Å²) in [6, 6.07) is 9.18. The van der Waals surface area contributed by atoms with E-state index >= 15 is 0 Å². The molecule has 1 aromatic carbocycles. The van der Waals surface area contributed by atoms with E-state index in [1.807, 2.05) is 30.3 Å². The van der Waals surface area contributed by atoms with Crippen LogP contribution in [0, 0.1) is 0 Å². The summed E-state index contributed by atoms with van der Waals surface area (Å²) in [6.45, 7) is 7.11. The molecule has 0 spiro atoms. The van der Waals surface area contributed by atoms with E-state index in [4.69, 9.17) is 9.47 Å². The SMILES string of the molecule is CCN(CC)CCOCC(=O)C(=Cc1ccccc1)C(=O)OC. The maximum absolute atomic E-state index is 12.2. The van der Waals surface area contributed by atoms with Crippen LogP contribution in [0.25, 0.3) is 6.08 Å². The summed E-state index contributed by atoms with van der Waals surface area (Å²) in [5.74, 6) is -1.02. The molecule has 1 rings (SSSR count). The van der Waals surface area contributed by atoms with Crippen LogP contribution < -0.4 is 0 Å². The van der Waals surface area contributed by atoms with Crippen LogP contribution in [0.5, 0.6) is 0 Å². The van der Waals surface area contributed by atoms with Crippen LogP contribution >= 0.6 is 0 Å². The lowest BCUT2D eigenvalue weighted by Gasteiger charge is -2.17. The molecule has 0 saturated heterocycles. The predicted octanol–water partition coefficient (Wildman–Crippen LogP) is 2.17. The van der Waals surface area contributed by atoms with Gasteiger partial charge in [0, 0.05) is 6.54 Å². The summed E-state index contributed by atoms with van der Waals surface area (Å²) in [5, 5.41) is 0. The highest BCUT2D eigenvalue weighted by Gasteiger charge is 2.19. The standard InChI is InChI=1S/C18H25NO4/c1-4-19(5-2)11-12-23-14-17(20)16(18(21)22-3)13-15-9-7-6-8-10-15/h6-10,13H,4-5,11-12,14H2,1-3H3. The minimum Gasteiger partial charge on any atom is -0.465 e. The summed E-state index contributed by atoms with van der Waals surface area (Å²) in [7, 11) is 1.26. The number of methoxy groups -OCH3 is 1. The molecule has 1 aromatic rings. The number of ketones is 1. The summed E-state index contributed by atoms with van der Waals surface area (Å²) >= 11 is 0. The van der Waals surface area contributed by atoms with Gasteiger partial charge < -0.3 is 14.4 Å². The van der Waals surface area contributed by atoms with Crippen molar-refractivity contribution in [1.82, 2.24) is 4.90 Å². The Hall–Kier alpha value is -1.98. The van der Waals surface area contributed by atoms with Gasteiger partial charge in [0.1, 0.15) is 12.2 Å². The van der Waals surface area contributed by atoms with Crippen LogP contribution in [0.15, 0.2) is 35.9 Å². The first-order chi connectivity index (χ1) is 11.1. The lowest BCUT2D eigenvalue weighted by atomic mass is 10.1. The molecular formula is C18H25NO4. The lowest BCUT2D eigenvalue weighted by Crippen LogP contribution is -2.28. The minimum absolute atomic E-state index is 0.00143. The van der Waals surface area contributed by atoms with E-state index in [1.165, 1.54) is 13.2 Å². The third-order valence-corrected chi connectivity index (χ3v) is 3.50. The molecule has 23 heavy (non-hydrogen) atoms. The van der Waals surface area contributed by atoms with E-state index in [-0.39, 0.29) is 18.0 Å². The van der Waals surface area contributed by atoms with Crippen LogP contribution in [-0.4, -0.2) is 56.6 Å². The molecule has 0 amide bonds. The first-order valence-electron chi connectivity index (χ1n) is 7.80. The molecule has 0 atom stereocenters. The zero-order valence-electron chi connectivity index (χ0n) is 14.1. The van der Waals surface area contributed by atoms with Crippen molar-refractivity contribution in [3.63, 3.8) is 0 Å². The maximum Gasteiger partial charge on any atom is 0.341 e. The topological polar surface area (TPSA) is 55.8 Å². The smallest absolute Gasteiger partial charge is 0.341 e. The van der Waals surface area contributed by atoms with Gasteiger partial charge in [0.2, 0.25) is 0 Å². The Morgan fingerprint density at radius 2 is 1.78 bits per heavy atom. The molecule has 0 aliphatic carbocycles. The van der Waals surface area contributed by atoms with Gasteiger partial charge in [-0.3, -0.25) is 4.79 Å². The second kappa shape index (κ2) is 10.7. The number of carbonyl (C=O) groups is 2. The number of carbonyl (C=O) groups excluding carboxylic acids is 2. The number of hydrogen-bond acceptors (Lipinski definition) is 5. The van der Waals surface area contributed by atoms with Crippen molar-refractivity contribution in [2.75, 3.05) is 40.0 Å². The summed E-state index contributed by atoms with van der Waals surface area (Å²) in [6.07, 6.45) is 1.53. The number of Topliss-reactive ketones (excluding diaryl/α,β-unsaturated/α-hetero) is 1. The fourth-order valence-electron chi connectivity index (χ4n) is 2.06. The van der Waals surface area contributed by atoms with E-state index in [1.54, 1.807) is 0 Å². The Balaban J connectivity index is 2.64. The zero-order chi connectivity index (χ0) is 17.1. The number of hydrogen-bond donors (Lipinski definition) is 0. The van der Waals surface area contributed by atoms with Crippen molar-refractivity contribution < 1.29 is 19.1 Å². The first-order valence-corrected chi connectivity index (χ1v) is 7.80. The van der Waals surface area contributed by atoms with Crippen molar-refractivity contribution >= 4 is 17.8 Å². The molecule has 0 radical (unpaired) electrons. The highest BCUT2D eigenvalue weighted by atomic mass is 16.5. The van der Waals surface area contributed by atoms with Gasteiger partial charge in [0.15, 0.2) is 5.78 Å². The predicted molar refractivity (Wildman–Crippen MR) is 90.0 cm³/mol. The van der Waals surface area contributed by atoms with E-state index in [0.717, 1.165) is 25.2 Å². The molecule has 0 N–H and O–H groups in total. The average molecular weight is 319 g/mol. The van der Waals surface area contributed by atoms with Crippen LogP contribution in [-0.2, 0) is 19.1 Å². The molecule has 0 aliphatic heterocycles. The Bertz CT molecular complexity index is 521. The summed E-state index contributed by atoms with van der Waals surface area (Å²) in [5.41, 5.74) is 0.769. The van der Waals surface area contributed by atoms with E-state index in [0.29, 0.717) is 6.61 Å². The molecule has 0 saturated carbocycles. The molecule has 0 fully saturated rings. The highest BCUT2D eigenvalue weighted by Crippen LogP contribution is 2.09. The Morgan fingerprint density at radius 1 is 1.13 bits per heavy atom. The molecule has 0 aromatic heterocycles. The normalized spacial score (nSPS) is 11.6. The van der Waals surface area contributed by atoms with E-state index in [9.17, 15) is 9.59 Å². The fourth-order valence-corrected chi connectivity index (χ4v) is 2.06. The molecule has 0 aliphatic rings. The number of nitrogens with zero attached hydrogens (tertiary/aromatic N) is 1. The number of esters is 1. The van der Waals surface area contributed by atoms with Gasteiger partial charge in [-0.2, -0.15) is 0 Å². The van der Waals surface area contributed by atoms with Gasteiger partial charge in [0.05, 0.1) is 13.7 Å². The fraction of sp³-hybridized carbons (Fsp3) is 0.444. The number of rotatable bonds is 10. The van der Waals surface area contributed by atoms with E-state index < -0.39 is 5.97 Å². The third-order valence-electron chi connectivity index (χ3n) is 3.50. The second-order valence-electron chi connectivity index (χ2n) is 4.96. The Morgan fingerprint density at radius 3 is 2.35 bits per heavy atom. The number of benzene rings is 1. The average Bonchev–Trinajstić information content (AvgIpc) is 2.59. The van der Waals surface area contributed by atoms with Crippen LogP contribution in [0.3, 0.4) is 0 Å². The largest absolute Gasteiger partial charge is 0.465 e. The quantitative estimate of drug-likeness (QED) is 0.217. The first kappa shape index (κ1) is 19.1. The Kier molecular flexibility index (Phi) is 8.87. The molecule has 5 nitrogen and oxygen atoms in total. The van der Waals surface area contributed by atoms with Gasteiger partial charge >= 0.3 is 5.97 Å². The zero-order valence-corrected chi connectivity index (χ0v) is 14.1. The van der Waals surface area contributed by atoms with Crippen molar-refractivity contribution in [3.05, 3.63) is 41.5 Å². The third kappa shape index (κ3) is 6.76. The van der Waals surface area contributed by atoms with Gasteiger partial charge in [-0.25, -0.2) is 4.79 Å². The van der Waals surface area contributed by atoms with Crippen molar-refractivity contribution in [3.8, 4) is 0 Å². The van der Waals surface area contributed by atoms with Crippen LogP contribution in [0.2, 0.25) is 0 Å². The molecule has 5 heteroatoms. The van der Waals surface area contributed by atoms with Crippen LogP contribution in [0.4, 0.5) is 0 Å². The lowest BCUT2D eigenvalue weighted by molar-refractivity contribution is -0.138. The van der Waals surface area contributed by atoms with Gasteiger partial charge in [-0.05, 0) is 24.7 Å². The number of ether oxygens (including phenoxy) is 2. The monoisotopic (exact) mass is 319 g/mol. The van der Waals surface area contributed by atoms with Crippen molar-refractivity contribution in [2.45, 2.75) is 13.8 Å². The second-order valence-corrected chi connectivity index (χ2v) is 4.96. The van der Waals surface area contributed by atoms with Crippen molar-refractivity contribution in [2.24, 2.45) is 0 Å². The Labute approximate surface area is 137 Å². The molecule has 126 valence electrons. The maximum atomic E-state index is 12.2. The number of likely N-dealkylation sites (N-methyl/N-ethyl adjacent to an activating group) is 1. The van der Waals surface area contributed by atoms with Crippen LogP contribution in [0.1, 0.15) is 19.4 Å². The van der Waals surface area contributed by atoms with Crippen molar-refractivity contribution in [1.29, 1.82) is 0 Å². The van der Waals surface area contributed by atoms with Gasteiger partial charge in [-0.1, -0.05) is 44.2 Å². The summed E-state index contributed by atoms with van der Waals surface area (Å²) < 4.78 is 10.1. The molecule has 0 unspecified atom stereocenters.